The molecule has 19 heavy (non-hydrogen) atoms. The summed E-state index contributed by atoms with van der Waals surface area (Å²) < 4.78 is 0.990. The van der Waals surface area contributed by atoms with Gasteiger partial charge in [-0.3, -0.25) is 4.79 Å². The number of thiocarbonyl (C=S) groups is 1. The van der Waals surface area contributed by atoms with Gasteiger partial charge < -0.3 is 11.1 Å². The molecule has 102 valence electrons. The Labute approximate surface area is 127 Å². The molecule has 3 N–H and O–H groups in total. The number of aryl methyl sites for hydroxylation is 1. The molecule has 1 aromatic rings. The van der Waals surface area contributed by atoms with E-state index in [2.05, 4.69) is 28.2 Å². The summed E-state index contributed by atoms with van der Waals surface area (Å²) in [6.45, 7) is 4.06. The summed E-state index contributed by atoms with van der Waals surface area (Å²) in [5.74, 6) is 0.418. The topological polar surface area (TPSA) is 55.1 Å². The summed E-state index contributed by atoms with van der Waals surface area (Å²) in [4.78, 5) is 12.8. The van der Waals surface area contributed by atoms with Crippen LogP contribution < -0.4 is 11.1 Å². The second-order valence-corrected chi connectivity index (χ2v) is 6.73. The lowest BCUT2D eigenvalue weighted by atomic mass is 9.62. The van der Waals surface area contributed by atoms with Crippen molar-refractivity contribution < 1.29 is 4.79 Å². The van der Waals surface area contributed by atoms with Crippen molar-refractivity contribution in [2.45, 2.75) is 26.7 Å². The van der Waals surface area contributed by atoms with Gasteiger partial charge in [-0.1, -0.05) is 35.1 Å². The Hall–Kier alpha value is -0.940. The highest BCUT2D eigenvalue weighted by Gasteiger charge is 2.50. The van der Waals surface area contributed by atoms with E-state index in [9.17, 15) is 4.79 Å². The number of nitrogens with two attached hydrogens (primary N) is 1. The van der Waals surface area contributed by atoms with Gasteiger partial charge in [-0.05, 0) is 49.4 Å². The van der Waals surface area contributed by atoms with Crippen molar-refractivity contribution in [3.63, 3.8) is 0 Å². The molecule has 1 aromatic carbocycles. The van der Waals surface area contributed by atoms with Gasteiger partial charge in [-0.2, -0.15) is 0 Å². The lowest BCUT2D eigenvalue weighted by Gasteiger charge is -2.44. The molecular formula is C14H17BrN2OS. The maximum Gasteiger partial charge on any atom is 0.237 e. The highest BCUT2D eigenvalue weighted by molar-refractivity contribution is 9.10. The number of carbonyl (C=O) groups is 1. The summed E-state index contributed by atoms with van der Waals surface area (Å²) in [7, 11) is 0. The average Bonchev–Trinajstić information content (AvgIpc) is 2.27. The van der Waals surface area contributed by atoms with Gasteiger partial charge in [0.2, 0.25) is 5.91 Å². The van der Waals surface area contributed by atoms with E-state index in [1.165, 1.54) is 0 Å². The van der Waals surface area contributed by atoms with E-state index in [4.69, 9.17) is 18.0 Å². The first-order valence-corrected chi connectivity index (χ1v) is 7.43. The van der Waals surface area contributed by atoms with Crippen molar-refractivity contribution in [2.75, 3.05) is 5.32 Å². The van der Waals surface area contributed by atoms with Gasteiger partial charge in [0.15, 0.2) is 0 Å². The van der Waals surface area contributed by atoms with E-state index < -0.39 is 5.41 Å². The van der Waals surface area contributed by atoms with E-state index in [0.717, 1.165) is 28.6 Å². The molecule has 1 fully saturated rings. The molecule has 1 aliphatic carbocycles. The van der Waals surface area contributed by atoms with E-state index in [1.807, 2.05) is 25.1 Å². The predicted octanol–water partition coefficient (Wildman–Crippen LogP) is 3.40. The quantitative estimate of drug-likeness (QED) is 0.829. The lowest BCUT2D eigenvalue weighted by Crippen LogP contribution is -2.53. The SMILES string of the molecule is Cc1cc(Br)ccc1NC(=O)C1(C(N)=S)CC(C)C1. The Balaban J connectivity index is 2.19. The van der Waals surface area contributed by atoms with Gasteiger partial charge in [-0.25, -0.2) is 0 Å². The normalized spacial score (nSPS) is 25.5. The first-order valence-electron chi connectivity index (χ1n) is 6.22. The maximum atomic E-state index is 12.5. The number of rotatable bonds is 3. The predicted molar refractivity (Wildman–Crippen MR) is 85.1 cm³/mol. The highest BCUT2D eigenvalue weighted by atomic mass is 79.9. The minimum absolute atomic E-state index is 0.0801. The summed E-state index contributed by atoms with van der Waals surface area (Å²) in [5, 5.41) is 2.95. The maximum absolute atomic E-state index is 12.5. The third-order valence-electron chi connectivity index (χ3n) is 3.74. The molecule has 0 aliphatic heterocycles. The molecule has 0 heterocycles. The summed E-state index contributed by atoms with van der Waals surface area (Å²) in [6.07, 6.45) is 1.48. The van der Waals surface area contributed by atoms with Crippen LogP contribution in [0.1, 0.15) is 25.3 Å². The van der Waals surface area contributed by atoms with Gasteiger partial charge in [0.25, 0.3) is 0 Å². The van der Waals surface area contributed by atoms with Crippen LogP contribution in [0.2, 0.25) is 0 Å². The van der Waals surface area contributed by atoms with Gasteiger partial charge in [0.1, 0.15) is 0 Å². The van der Waals surface area contributed by atoms with E-state index >= 15 is 0 Å². The summed E-state index contributed by atoms with van der Waals surface area (Å²) >= 11 is 8.49. The minimum atomic E-state index is -0.658. The van der Waals surface area contributed by atoms with Gasteiger partial charge >= 0.3 is 0 Å². The fourth-order valence-electron chi connectivity index (χ4n) is 2.64. The molecule has 2 rings (SSSR count). The van der Waals surface area contributed by atoms with Crippen molar-refractivity contribution in [1.82, 2.24) is 0 Å². The standard InChI is InChI=1S/C14H17BrN2OS/c1-8-6-14(7-8,12(16)19)13(18)17-11-4-3-10(15)5-9(11)2/h3-5,8H,6-7H2,1-2H3,(H2,16,19)(H,17,18). The molecular weight excluding hydrogens is 324 g/mol. The van der Waals surface area contributed by atoms with E-state index in [1.54, 1.807) is 0 Å². The fraction of sp³-hybridized carbons (Fsp3) is 0.429. The second kappa shape index (κ2) is 5.21. The largest absolute Gasteiger partial charge is 0.392 e. The number of carbonyl (C=O) groups excluding carboxylic acids is 1. The van der Waals surface area contributed by atoms with Crippen molar-refractivity contribution in [2.24, 2.45) is 17.1 Å². The van der Waals surface area contributed by atoms with Gasteiger partial charge in [0.05, 0.1) is 10.4 Å². The van der Waals surface area contributed by atoms with E-state index in [-0.39, 0.29) is 5.91 Å². The van der Waals surface area contributed by atoms with Gasteiger partial charge in [0, 0.05) is 10.2 Å². The van der Waals surface area contributed by atoms with Gasteiger partial charge in [-0.15, -0.1) is 0 Å². The fourth-order valence-corrected chi connectivity index (χ4v) is 3.37. The third kappa shape index (κ3) is 2.67. The zero-order chi connectivity index (χ0) is 14.2. The molecule has 0 aromatic heterocycles. The molecule has 1 saturated carbocycles. The molecule has 0 atom stereocenters. The van der Waals surface area contributed by atoms with Crippen LogP contribution in [0.4, 0.5) is 5.69 Å². The summed E-state index contributed by atoms with van der Waals surface area (Å²) in [5.41, 5.74) is 6.93. The molecule has 1 amide bonds. The molecule has 0 unspecified atom stereocenters. The second-order valence-electron chi connectivity index (χ2n) is 5.37. The van der Waals surface area contributed by atoms with Crippen LogP contribution in [0, 0.1) is 18.3 Å². The molecule has 0 saturated heterocycles. The van der Waals surface area contributed by atoms with Crippen molar-refractivity contribution >= 4 is 44.7 Å². The molecule has 0 spiro atoms. The number of hydrogen-bond donors (Lipinski definition) is 2. The molecule has 5 heteroatoms. The smallest absolute Gasteiger partial charge is 0.237 e. The lowest BCUT2D eigenvalue weighted by molar-refractivity contribution is -0.127. The number of amides is 1. The number of anilines is 1. The van der Waals surface area contributed by atoms with Crippen molar-refractivity contribution in [1.29, 1.82) is 0 Å². The van der Waals surface area contributed by atoms with Crippen LogP contribution in [-0.2, 0) is 4.79 Å². The minimum Gasteiger partial charge on any atom is -0.392 e. The third-order valence-corrected chi connectivity index (χ3v) is 4.62. The molecule has 0 bridgehead atoms. The zero-order valence-corrected chi connectivity index (χ0v) is 13.4. The molecule has 1 aliphatic rings. The summed E-state index contributed by atoms with van der Waals surface area (Å²) in [6, 6.07) is 5.75. The monoisotopic (exact) mass is 340 g/mol. The van der Waals surface area contributed by atoms with Crippen molar-refractivity contribution in [3.05, 3.63) is 28.2 Å². The Kier molecular flexibility index (Phi) is 3.97. The Morgan fingerprint density at radius 2 is 2.16 bits per heavy atom. The van der Waals surface area contributed by atoms with Crippen LogP contribution in [-0.4, -0.2) is 10.9 Å². The van der Waals surface area contributed by atoms with Crippen LogP contribution in [0.25, 0.3) is 0 Å². The number of halogens is 1. The Morgan fingerprint density at radius 3 is 2.63 bits per heavy atom. The average molecular weight is 341 g/mol. The molecule has 0 radical (unpaired) electrons. The first-order chi connectivity index (χ1) is 8.85. The Morgan fingerprint density at radius 1 is 1.53 bits per heavy atom. The zero-order valence-electron chi connectivity index (χ0n) is 11.0. The number of hydrogen-bond acceptors (Lipinski definition) is 2. The number of benzene rings is 1. The van der Waals surface area contributed by atoms with E-state index in [0.29, 0.717) is 10.9 Å². The van der Waals surface area contributed by atoms with Crippen LogP contribution in [0.15, 0.2) is 22.7 Å². The van der Waals surface area contributed by atoms with Crippen LogP contribution >= 0.6 is 28.1 Å². The van der Waals surface area contributed by atoms with Crippen molar-refractivity contribution in [3.8, 4) is 0 Å². The number of nitrogens with one attached hydrogen (secondary N) is 1. The first kappa shape index (κ1) is 14.5. The molecule has 3 nitrogen and oxygen atoms in total. The van der Waals surface area contributed by atoms with Crippen LogP contribution in [0.3, 0.4) is 0 Å². The highest BCUT2D eigenvalue weighted by Crippen LogP contribution is 2.46. The van der Waals surface area contributed by atoms with Crippen LogP contribution in [0.5, 0.6) is 0 Å². The Bertz CT molecular complexity index is 538.